The van der Waals surface area contributed by atoms with Crippen LogP contribution in [0.25, 0.3) is 0 Å². The highest BCUT2D eigenvalue weighted by atomic mass is 19.1. The van der Waals surface area contributed by atoms with E-state index in [9.17, 15) is 9.18 Å². The van der Waals surface area contributed by atoms with Gasteiger partial charge in [-0.05, 0) is 36.2 Å². The van der Waals surface area contributed by atoms with Crippen LogP contribution in [0.3, 0.4) is 0 Å². The number of halogens is 1. The monoisotopic (exact) mass is 372 g/mol. The Hall–Kier alpha value is -2.44. The fraction of sp³-hybridized carbons (Fsp3) is 0.381. The van der Waals surface area contributed by atoms with Crippen LogP contribution in [0.2, 0.25) is 0 Å². The number of benzene rings is 2. The van der Waals surface area contributed by atoms with Gasteiger partial charge in [-0.3, -0.25) is 9.69 Å². The molecular weight excluding hydrogens is 347 g/mol. The first-order valence-corrected chi connectivity index (χ1v) is 9.16. The lowest BCUT2D eigenvalue weighted by Crippen LogP contribution is -2.44. The fourth-order valence-corrected chi connectivity index (χ4v) is 3.16. The molecule has 0 spiro atoms. The van der Waals surface area contributed by atoms with Gasteiger partial charge in [0, 0.05) is 19.6 Å². The number of morpholine rings is 1. The topological polar surface area (TPSA) is 50.8 Å². The van der Waals surface area contributed by atoms with Crippen LogP contribution in [0, 0.1) is 12.7 Å². The predicted molar refractivity (Wildman–Crippen MR) is 101 cm³/mol. The summed E-state index contributed by atoms with van der Waals surface area (Å²) in [6, 6.07) is 14.0. The SMILES string of the molecule is Cc1ccccc1OCC(=O)NCC(c1ccc(F)cc1)N1CCOCC1. The van der Waals surface area contributed by atoms with Crippen molar-refractivity contribution in [2.24, 2.45) is 0 Å². The molecule has 1 aliphatic heterocycles. The molecule has 144 valence electrons. The van der Waals surface area contributed by atoms with E-state index in [1.54, 1.807) is 12.1 Å². The van der Waals surface area contributed by atoms with Gasteiger partial charge in [-0.25, -0.2) is 4.39 Å². The number of carbonyl (C=O) groups excluding carboxylic acids is 1. The van der Waals surface area contributed by atoms with Gasteiger partial charge in [0.2, 0.25) is 0 Å². The summed E-state index contributed by atoms with van der Waals surface area (Å²) in [7, 11) is 0. The Bertz CT molecular complexity index is 745. The minimum absolute atomic E-state index is 0.0306. The van der Waals surface area contributed by atoms with E-state index in [0.29, 0.717) is 25.5 Å². The Labute approximate surface area is 159 Å². The van der Waals surface area contributed by atoms with Crippen LogP contribution < -0.4 is 10.1 Å². The van der Waals surface area contributed by atoms with Gasteiger partial charge in [0.05, 0.1) is 19.3 Å². The molecule has 27 heavy (non-hydrogen) atoms. The average molecular weight is 372 g/mol. The van der Waals surface area contributed by atoms with E-state index in [4.69, 9.17) is 9.47 Å². The molecule has 6 heteroatoms. The molecular formula is C21H25FN2O3. The first-order valence-electron chi connectivity index (χ1n) is 9.16. The Balaban J connectivity index is 1.59. The van der Waals surface area contributed by atoms with Gasteiger partial charge < -0.3 is 14.8 Å². The molecule has 1 unspecified atom stereocenters. The average Bonchev–Trinajstić information content (AvgIpc) is 2.69. The molecule has 0 aromatic heterocycles. The van der Waals surface area contributed by atoms with Crippen LogP contribution >= 0.6 is 0 Å². The largest absolute Gasteiger partial charge is 0.484 e. The van der Waals surface area contributed by atoms with Crippen molar-refractivity contribution < 1.29 is 18.7 Å². The summed E-state index contributed by atoms with van der Waals surface area (Å²) in [5, 5.41) is 2.94. The molecule has 1 N–H and O–H groups in total. The maximum atomic E-state index is 13.3. The third-order valence-corrected chi connectivity index (χ3v) is 4.69. The summed E-state index contributed by atoms with van der Waals surface area (Å²) in [6.07, 6.45) is 0. The van der Waals surface area contributed by atoms with Crippen LogP contribution in [0.4, 0.5) is 4.39 Å². The van der Waals surface area contributed by atoms with Gasteiger partial charge in [0.1, 0.15) is 11.6 Å². The van der Waals surface area contributed by atoms with Gasteiger partial charge >= 0.3 is 0 Å². The lowest BCUT2D eigenvalue weighted by molar-refractivity contribution is -0.123. The maximum Gasteiger partial charge on any atom is 0.258 e. The van der Waals surface area contributed by atoms with E-state index in [0.717, 1.165) is 24.2 Å². The van der Waals surface area contributed by atoms with Gasteiger partial charge in [-0.2, -0.15) is 0 Å². The molecule has 5 nitrogen and oxygen atoms in total. The van der Waals surface area contributed by atoms with Crippen LogP contribution in [-0.4, -0.2) is 50.3 Å². The molecule has 0 radical (unpaired) electrons. The standard InChI is InChI=1S/C21H25FN2O3/c1-16-4-2-3-5-20(16)27-15-21(25)23-14-19(24-10-12-26-13-11-24)17-6-8-18(22)9-7-17/h2-9,19H,10-15H2,1H3,(H,23,25). The van der Waals surface area contributed by atoms with Crippen molar-refractivity contribution in [3.63, 3.8) is 0 Å². The van der Waals surface area contributed by atoms with Crippen LogP contribution in [-0.2, 0) is 9.53 Å². The second-order valence-electron chi connectivity index (χ2n) is 6.57. The Morgan fingerprint density at radius 1 is 1.19 bits per heavy atom. The molecule has 3 rings (SSSR count). The molecule has 2 aromatic carbocycles. The number of rotatable bonds is 7. The molecule has 0 aliphatic carbocycles. The Kier molecular flexibility index (Phi) is 6.79. The number of nitrogens with zero attached hydrogens (tertiary/aromatic N) is 1. The summed E-state index contributed by atoms with van der Waals surface area (Å²) >= 11 is 0. The van der Waals surface area contributed by atoms with E-state index in [1.807, 2.05) is 31.2 Å². The van der Waals surface area contributed by atoms with Gasteiger partial charge in [0.15, 0.2) is 6.61 Å². The zero-order valence-electron chi connectivity index (χ0n) is 15.5. The smallest absolute Gasteiger partial charge is 0.258 e. The van der Waals surface area contributed by atoms with E-state index >= 15 is 0 Å². The second kappa shape index (κ2) is 9.48. The molecule has 0 bridgehead atoms. The molecule has 1 aliphatic rings. The molecule has 0 saturated carbocycles. The molecule has 1 amide bonds. The number of nitrogens with one attached hydrogen (secondary N) is 1. The quantitative estimate of drug-likeness (QED) is 0.812. The third-order valence-electron chi connectivity index (χ3n) is 4.69. The van der Waals surface area contributed by atoms with Crippen molar-refractivity contribution in [3.8, 4) is 5.75 Å². The summed E-state index contributed by atoms with van der Waals surface area (Å²) in [4.78, 5) is 14.5. The number of ether oxygens (including phenoxy) is 2. The minimum atomic E-state index is -0.268. The van der Waals surface area contributed by atoms with E-state index in [-0.39, 0.29) is 24.4 Å². The highest BCUT2D eigenvalue weighted by Crippen LogP contribution is 2.22. The van der Waals surface area contributed by atoms with E-state index < -0.39 is 0 Å². The van der Waals surface area contributed by atoms with Crippen molar-refractivity contribution in [1.29, 1.82) is 0 Å². The van der Waals surface area contributed by atoms with Crippen LogP contribution in [0.1, 0.15) is 17.2 Å². The van der Waals surface area contributed by atoms with E-state index in [2.05, 4.69) is 10.2 Å². The van der Waals surface area contributed by atoms with Crippen molar-refractivity contribution in [3.05, 3.63) is 65.5 Å². The number of amides is 1. The first-order chi connectivity index (χ1) is 13.1. The Morgan fingerprint density at radius 2 is 1.89 bits per heavy atom. The lowest BCUT2D eigenvalue weighted by atomic mass is 10.0. The molecule has 1 fully saturated rings. The predicted octanol–water partition coefficient (Wildman–Crippen LogP) is 2.70. The van der Waals surface area contributed by atoms with Crippen LogP contribution in [0.5, 0.6) is 5.75 Å². The normalized spacial score (nSPS) is 15.9. The van der Waals surface area contributed by atoms with Crippen molar-refractivity contribution >= 4 is 5.91 Å². The highest BCUT2D eigenvalue weighted by Gasteiger charge is 2.23. The molecule has 2 aromatic rings. The van der Waals surface area contributed by atoms with E-state index in [1.165, 1.54) is 12.1 Å². The van der Waals surface area contributed by atoms with Gasteiger partial charge in [0.25, 0.3) is 5.91 Å². The van der Waals surface area contributed by atoms with Crippen molar-refractivity contribution in [2.75, 3.05) is 39.5 Å². The molecule has 1 heterocycles. The number of carbonyl (C=O) groups is 1. The van der Waals surface area contributed by atoms with Crippen molar-refractivity contribution in [2.45, 2.75) is 13.0 Å². The number of para-hydroxylation sites is 1. The lowest BCUT2D eigenvalue weighted by Gasteiger charge is -2.35. The summed E-state index contributed by atoms with van der Waals surface area (Å²) in [6.45, 7) is 5.20. The molecule has 1 atom stereocenters. The highest BCUT2D eigenvalue weighted by molar-refractivity contribution is 5.77. The maximum absolute atomic E-state index is 13.3. The van der Waals surface area contributed by atoms with Gasteiger partial charge in [-0.1, -0.05) is 30.3 Å². The number of hydrogen-bond acceptors (Lipinski definition) is 4. The number of aryl methyl sites for hydroxylation is 1. The number of hydrogen-bond donors (Lipinski definition) is 1. The molecule has 1 saturated heterocycles. The first kappa shape index (κ1) is 19.3. The van der Waals surface area contributed by atoms with Crippen LogP contribution in [0.15, 0.2) is 48.5 Å². The van der Waals surface area contributed by atoms with Crippen molar-refractivity contribution in [1.82, 2.24) is 10.2 Å². The fourth-order valence-electron chi connectivity index (χ4n) is 3.16. The summed E-state index contributed by atoms with van der Waals surface area (Å²) in [5.41, 5.74) is 1.96. The Morgan fingerprint density at radius 3 is 2.59 bits per heavy atom. The second-order valence-corrected chi connectivity index (χ2v) is 6.57. The zero-order chi connectivity index (χ0) is 19.1. The van der Waals surface area contributed by atoms with Gasteiger partial charge in [-0.15, -0.1) is 0 Å². The summed E-state index contributed by atoms with van der Waals surface area (Å²) in [5.74, 6) is 0.254. The third kappa shape index (κ3) is 5.52. The summed E-state index contributed by atoms with van der Waals surface area (Å²) < 4.78 is 24.3. The minimum Gasteiger partial charge on any atom is -0.484 e. The zero-order valence-corrected chi connectivity index (χ0v) is 15.5.